The van der Waals surface area contributed by atoms with Crippen LogP contribution in [-0.2, 0) is 11.3 Å². The molecule has 0 radical (unpaired) electrons. The van der Waals surface area contributed by atoms with Gasteiger partial charge < -0.3 is 25.3 Å². The molecule has 0 unspecified atom stereocenters. The largest absolute Gasteiger partial charge is 0.491 e. The maximum Gasteiger partial charge on any atom is 0.397 e. The topological polar surface area (TPSA) is 124 Å². The van der Waals surface area contributed by atoms with Gasteiger partial charge in [-0.1, -0.05) is 6.07 Å². The van der Waals surface area contributed by atoms with Gasteiger partial charge in [0.1, 0.15) is 24.3 Å². The molecular formula is C29H32F3N9O2. The molecular weight excluding hydrogens is 563 g/mol. The number of fused-ring (bicyclic) bond motifs is 1. The second-order valence-electron chi connectivity index (χ2n) is 10.9. The lowest BCUT2D eigenvalue weighted by molar-refractivity contribution is -0.162. The zero-order valence-electron chi connectivity index (χ0n) is 23.6. The number of carbonyl (C=O) groups excluding carboxylic acids is 1. The summed E-state index contributed by atoms with van der Waals surface area (Å²) >= 11 is 0. The number of alkyl halides is 3. The van der Waals surface area contributed by atoms with Gasteiger partial charge in [-0.15, -0.1) is 0 Å². The fourth-order valence-corrected chi connectivity index (χ4v) is 5.14. The van der Waals surface area contributed by atoms with Gasteiger partial charge in [-0.05, 0) is 48.6 Å². The van der Waals surface area contributed by atoms with Crippen molar-refractivity contribution in [1.29, 1.82) is 0 Å². The number of methoxy groups -OCH3 is 1. The third-order valence-electron chi connectivity index (χ3n) is 7.57. The molecule has 226 valence electrons. The monoisotopic (exact) mass is 595 g/mol. The molecule has 1 aliphatic heterocycles. The molecule has 0 atom stereocenters. The van der Waals surface area contributed by atoms with Crippen LogP contribution in [0.25, 0.3) is 22.3 Å². The quantitative estimate of drug-likeness (QED) is 0.242. The van der Waals surface area contributed by atoms with Crippen LogP contribution in [-0.4, -0.2) is 86.6 Å². The van der Waals surface area contributed by atoms with E-state index in [1.807, 2.05) is 30.3 Å². The highest BCUT2D eigenvalue weighted by atomic mass is 19.4. The highest BCUT2D eigenvalue weighted by Gasteiger charge is 2.34. The van der Waals surface area contributed by atoms with Gasteiger partial charge in [0, 0.05) is 51.0 Å². The van der Waals surface area contributed by atoms with Crippen molar-refractivity contribution in [1.82, 2.24) is 34.7 Å². The van der Waals surface area contributed by atoms with E-state index in [2.05, 4.69) is 40.5 Å². The Kier molecular flexibility index (Phi) is 8.02. The first-order valence-electron chi connectivity index (χ1n) is 14.2. The number of nitrogens with zero attached hydrogens (tertiary/aromatic N) is 6. The SMILES string of the molecule is COc1c(NCC2CC2)ncnc1-c1ccc2nc(Nc3cc(CN4CCN(C(=O)CC(F)(F)F)CC4)ccn3)[nH]c2c1. The van der Waals surface area contributed by atoms with E-state index in [9.17, 15) is 18.0 Å². The zero-order chi connectivity index (χ0) is 30.0. The summed E-state index contributed by atoms with van der Waals surface area (Å²) in [6.07, 6.45) is -0.212. The lowest BCUT2D eigenvalue weighted by Gasteiger charge is -2.35. The highest BCUT2D eigenvalue weighted by Crippen LogP contribution is 2.36. The highest BCUT2D eigenvalue weighted by molar-refractivity contribution is 5.85. The number of halogens is 3. The number of H-pyrrole nitrogens is 1. The summed E-state index contributed by atoms with van der Waals surface area (Å²) in [7, 11) is 1.61. The standard InChI is InChI=1S/C29H32F3N9O2/c1-43-26-25(35-17-36-27(26)34-15-18-2-3-18)20-4-5-21-22(13-20)38-28(37-21)39-23-12-19(6-7-33-23)16-40-8-10-41(11-9-40)24(42)14-29(30,31)32/h4-7,12-13,17-18H,2-3,8-11,14-16H2,1H3,(H,34,35,36)(H2,33,37,38,39). The number of pyridine rings is 1. The van der Waals surface area contributed by atoms with Crippen molar-refractivity contribution in [3.8, 4) is 17.0 Å². The molecule has 4 aromatic rings. The van der Waals surface area contributed by atoms with Gasteiger partial charge in [0.2, 0.25) is 11.9 Å². The van der Waals surface area contributed by atoms with Crippen LogP contribution < -0.4 is 15.4 Å². The Balaban J connectivity index is 1.10. The molecule has 1 saturated carbocycles. The number of anilines is 3. The molecule has 3 N–H and O–H groups in total. The minimum atomic E-state index is -4.49. The van der Waals surface area contributed by atoms with Crippen molar-refractivity contribution >= 4 is 34.5 Å². The number of benzene rings is 1. The summed E-state index contributed by atoms with van der Waals surface area (Å²) < 4.78 is 43.4. The van der Waals surface area contributed by atoms with Crippen LogP contribution in [0.1, 0.15) is 24.8 Å². The third-order valence-corrected chi connectivity index (χ3v) is 7.57. The Morgan fingerprint density at radius 2 is 1.91 bits per heavy atom. The Labute approximate surface area is 245 Å². The van der Waals surface area contributed by atoms with E-state index in [1.165, 1.54) is 24.1 Å². The first-order chi connectivity index (χ1) is 20.7. The minimum absolute atomic E-state index is 0.269. The number of hydrogen-bond donors (Lipinski definition) is 3. The van der Waals surface area contributed by atoms with E-state index in [0.29, 0.717) is 54.6 Å². The summed E-state index contributed by atoms with van der Waals surface area (Å²) in [4.78, 5) is 36.5. The summed E-state index contributed by atoms with van der Waals surface area (Å²) in [6.45, 7) is 2.97. The van der Waals surface area contributed by atoms with Crippen molar-refractivity contribution in [2.45, 2.75) is 32.0 Å². The minimum Gasteiger partial charge on any atom is -0.491 e. The van der Waals surface area contributed by atoms with E-state index < -0.39 is 18.5 Å². The van der Waals surface area contributed by atoms with Crippen LogP contribution in [0.15, 0.2) is 42.9 Å². The number of hydrogen-bond acceptors (Lipinski definition) is 9. The molecule has 0 bridgehead atoms. The number of aromatic nitrogens is 5. The van der Waals surface area contributed by atoms with Crippen molar-refractivity contribution in [2.24, 2.45) is 5.92 Å². The van der Waals surface area contributed by atoms with Gasteiger partial charge in [-0.25, -0.2) is 19.9 Å². The van der Waals surface area contributed by atoms with Crippen molar-refractivity contribution in [3.05, 3.63) is 48.4 Å². The Morgan fingerprint density at radius 1 is 1.09 bits per heavy atom. The van der Waals surface area contributed by atoms with E-state index in [-0.39, 0.29) is 13.1 Å². The number of piperazine rings is 1. The molecule has 1 saturated heterocycles. The molecule has 1 aliphatic carbocycles. The number of imidazole rings is 1. The van der Waals surface area contributed by atoms with E-state index >= 15 is 0 Å². The zero-order valence-corrected chi connectivity index (χ0v) is 23.6. The van der Waals surface area contributed by atoms with Crippen LogP contribution in [0.2, 0.25) is 0 Å². The smallest absolute Gasteiger partial charge is 0.397 e. The van der Waals surface area contributed by atoms with Crippen LogP contribution in [0.4, 0.5) is 30.8 Å². The molecule has 2 aliphatic rings. The second kappa shape index (κ2) is 12.0. The second-order valence-corrected chi connectivity index (χ2v) is 10.9. The Morgan fingerprint density at radius 3 is 2.65 bits per heavy atom. The molecule has 0 spiro atoms. The van der Waals surface area contributed by atoms with Gasteiger partial charge in [-0.2, -0.15) is 13.2 Å². The van der Waals surface area contributed by atoms with E-state index in [1.54, 1.807) is 13.3 Å². The summed E-state index contributed by atoms with van der Waals surface area (Å²) in [5, 5.41) is 6.60. The molecule has 11 nitrogen and oxygen atoms in total. The van der Waals surface area contributed by atoms with E-state index in [4.69, 9.17) is 4.74 Å². The van der Waals surface area contributed by atoms with E-state index in [0.717, 1.165) is 28.7 Å². The van der Waals surface area contributed by atoms with Gasteiger partial charge in [0.05, 0.1) is 18.1 Å². The molecule has 3 aromatic heterocycles. The average Bonchev–Trinajstić information content (AvgIpc) is 3.73. The maximum absolute atomic E-state index is 12.6. The summed E-state index contributed by atoms with van der Waals surface area (Å²) in [6, 6.07) is 9.61. The molecule has 43 heavy (non-hydrogen) atoms. The van der Waals surface area contributed by atoms with Crippen LogP contribution >= 0.6 is 0 Å². The van der Waals surface area contributed by atoms with Crippen molar-refractivity contribution in [2.75, 3.05) is 50.5 Å². The van der Waals surface area contributed by atoms with Crippen LogP contribution in [0.5, 0.6) is 5.75 Å². The molecule has 1 amide bonds. The number of rotatable bonds is 10. The third kappa shape index (κ3) is 7.13. The molecule has 4 heterocycles. The lowest BCUT2D eigenvalue weighted by atomic mass is 10.1. The number of aromatic amines is 1. The molecule has 1 aromatic carbocycles. The van der Waals surface area contributed by atoms with Crippen LogP contribution in [0, 0.1) is 5.92 Å². The van der Waals surface area contributed by atoms with Crippen LogP contribution in [0.3, 0.4) is 0 Å². The normalized spacial score (nSPS) is 16.0. The predicted octanol–water partition coefficient (Wildman–Crippen LogP) is 4.59. The number of ether oxygens (including phenoxy) is 1. The first-order valence-corrected chi connectivity index (χ1v) is 14.2. The summed E-state index contributed by atoms with van der Waals surface area (Å²) in [5.74, 6) is 2.20. The number of carbonyl (C=O) groups is 1. The first kappa shape index (κ1) is 28.6. The van der Waals surface area contributed by atoms with Gasteiger partial charge >= 0.3 is 6.18 Å². The maximum atomic E-state index is 12.6. The van der Waals surface area contributed by atoms with Gasteiger partial charge in [-0.3, -0.25) is 9.69 Å². The number of amides is 1. The van der Waals surface area contributed by atoms with Gasteiger partial charge in [0.25, 0.3) is 0 Å². The average molecular weight is 596 g/mol. The van der Waals surface area contributed by atoms with Crippen molar-refractivity contribution in [3.63, 3.8) is 0 Å². The number of nitrogens with one attached hydrogen (secondary N) is 3. The molecule has 6 rings (SSSR count). The summed E-state index contributed by atoms with van der Waals surface area (Å²) in [5.41, 5.74) is 4.09. The molecule has 2 fully saturated rings. The van der Waals surface area contributed by atoms with Gasteiger partial charge in [0.15, 0.2) is 11.6 Å². The van der Waals surface area contributed by atoms with Crippen molar-refractivity contribution < 1.29 is 22.7 Å². The lowest BCUT2D eigenvalue weighted by Crippen LogP contribution is -2.49. The Hall–Kier alpha value is -4.46. The predicted molar refractivity (Wildman–Crippen MR) is 155 cm³/mol. The molecule has 14 heteroatoms. The fourth-order valence-electron chi connectivity index (χ4n) is 5.14. The fraction of sp³-hybridized carbons (Fsp3) is 0.414. The Bertz CT molecular complexity index is 1600.